The van der Waals surface area contributed by atoms with Gasteiger partial charge in [0.25, 0.3) is 0 Å². The Kier molecular flexibility index (Phi) is 5.92. The Labute approximate surface area is 209 Å². The highest BCUT2D eigenvalue weighted by Gasteiger charge is 2.72. The third kappa shape index (κ3) is 3.34. The number of rotatable bonds is 6. The van der Waals surface area contributed by atoms with Gasteiger partial charge in [0.15, 0.2) is 5.54 Å². The zero-order chi connectivity index (χ0) is 25.3. The van der Waals surface area contributed by atoms with Gasteiger partial charge in [0.1, 0.15) is 11.3 Å². The Hall–Kier alpha value is -4.26. The number of carbonyl (C=O) groups is 3. The van der Waals surface area contributed by atoms with Crippen molar-refractivity contribution in [3.8, 4) is 0 Å². The zero-order valence-electron chi connectivity index (χ0n) is 20.1. The molecular formula is C29H26N2O5. The highest BCUT2D eigenvalue weighted by atomic mass is 16.5. The number of hydrogen-bond donors (Lipinski definition) is 1. The van der Waals surface area contributed by atoms with E-state index in [9.17, 15) is 14.4 Å². The number of aliphatic imine (C=N–C) groups is 1. The summed E-state index contributed by atoms with van der Waals surface area (Å²) < 4.78 is 10.8. The Morgan fingerprint density at radius 3 is 2.25 bits per heavy atom. The summed E-state index contributed by atoms with van der Waals surface area (Å²) in [5.41, 5.74) is -0.426. The van der Waals surface area contributed by atoms with E-state index < -0.39 is 34.7 Å². The predicted octanol–water partition coefficient (Wildman–Crippen LogP) is 3.71. The molecule has 3 aromatic rings. The average molecular weight is 483 g/mol. The van der Waals surface area contributed by atoms with Gasteiger partial charge in [-0.05, 0) is 29.7 Å². The number of hydrogen-bond acceptors (Lipinski definition) is 6. The fraction of sp³-hybridized carbons (Fsp3) is 0.241. The van der Waals surface area contributed by atoms with Crippen LogP contribution in [-0.2, 0) is 35.7 Å². The molecule has 0 radical (unpaired) electrons. The first-order chi connectivity index (χ1) is 17.5. The quantitative estimate of drug-likeness (QED) is 0.541. The minimum absolute atomic E-state index is 0.0531. The molecule has 0 unspecified atom stereocenters. The molecule has 7 heteroatoms. The summed E-state index contributed by atoms with van der Waals surface area (Å²) in [6.45, 7) is 1.77. The van der Waals surface area contributed by atoms with Gasteiger partial charge in [0.2, 0.25) is 5.91 Å². The van der Waals surface area contributed by atoms with Gasteiger partial charge in [0, 0.05) is 12.1 Å². The standard InChI is InChI=1S/C29H26N2O5/c1-3-36-25(32)23-28(27(34)35-2,18-19-12-6-4-7-13-19)31-24(20-14-8-5-9-15-20)29(23)21-16-10-11-17-22(21)30-26(29)33/h4-17,23H,3,18H2,1-2H3,(H,30,33)/t23-,28-,29+/m1/s1. The molecule has 7 nitrogen and oxygen atoms in total. The summed E-state index contributed by atoms with van der Waals surface area (Å²) in [5, 5.41) is 2.94. The number of nitrogens with one attached hydrogen (secondary N) is 1. The van der Waals surface area contributed by atoms with Gasteiger partial charge in [0.05, 0.1) is 19.4 Å². The number of methoxy groups -OCH3 is 1. The summed E-state index contributed by atoms with van der Waals surface area (Å²) in [7, 11) is 1.27. The monoisotopic (exact) mass is 482 g/mol. The molecule has 0 aromatic heterocycles. The summed E-state index contributed by atoms with van der Waals surface area (Å²) in [6.07, 6.45) is 0.0531. The summed E-state index contributed by atoms with van der Waals surface area (Å²) in [4.78, 5) is 46.7. The number of nitrogens with zero attached hydrogens (tertiary/aromatic N) is 1. The van der Waals surface area contributed by atoms with Crippen LogP contribution in [0.3, 0.4) is 0 Å². The number of fused-ring (bicyclic) bond motifs is 2. The lowest BCUT2D eigenvalue weighted by Gasteiger charge is -2.36. The molecule has 0 bridgehead atoms. The van der Waals surface area contributed by atoms with Gasteiger partial charge in [-0.15, -0.1) is 0 Å². The molecule has 3 aromatic carbocycles. The maximum absolute atomic E-state index is 14.1. The maximum atomic E-state index is 14.1. The van der Waals surface area contributed by atoms with Crippen molar-refractivity contribution in [1.82, 2.24) is 0 Å². The minimum atomic E-state index is -1.73. The molecule has 36 heavy (non-hydrogen) atoms. The molecule has 0 saturated carbocycles. The lowest BCUT2D eigenvalue weighted by Crippen LogP contribution is -2.58. The van der Waals surface area contributed by atoms with Crippen LogP contribution >= 0.6 is 0 Å². The second-order valence-corrected chi connectivity index (χ2v) is 8.90. The maximum Gasteiger partial charge on any atom is 0.335 e. The van der Waals surface area contributed by atoms with E-state index in [0.717, 1.165) is 5.56 Å². The molecule has 2 heterocycles. The SMILES string of the molecule is CCOC(=O)[C@H]1[C@]2(C(=O)Nc3ccccc32)C(c2ccccc2)=N[C@@]1(Cc1ccccc1)C(=O)OC. The molecule has 5 rings (SSSR count). The van der Waals surface area contributed by atoms with Crippen molar-refractivity contribution >= 4 is 29.2 Å². The summed E-state index contributed by atoms with van der Waals surface area (Å²) in [6, 6.07) is 25.7. The van der Waals surface area contributed by atoms with E-state index in [1.165, 1.54) is 7.11 Å². The number of esters is 2. The van der Waals surface area contributed by atoms with Crippen molar-refractivity contribution in [2.45, 2.75) is 24.3 Å². The highest BCUT2D eigenvalue weighted by Crippen LogP contribution is 2.56. The van der Waals surface area contributed by atoms with E-state index in [1.807, 2.05) is 66.7 Å². The first-order valence-corrected chi connectivity index (χ1v) is 11.8. The number of ether oxygens (including phenoxy) is 2. The van der Waals surface area contributed by atoms with Crippen LogP contribution < -0.4 is 5.32 Å². The molecule has 2 aliphatic rings. The minimum Gasteiger partial charge on any atom is -0.467 e. The molecule has 1 amide bonds. The first-order valence-electron chi connectivity index (χ1n) is 11.8. The van der Waals surface area contributed by atoms with Crippen LogP contribution in [0.2, 0.25) is 0 Å². The predicted molar refractivity (Wildman–Crippen MR) is 135 cm³/mol. The van der Waals surface area contributed by atoms with E-state index >= 15 is 0 Å². The lowest BCUT2D eigenvalue weighted by molar-refractivity contribution is -0.162. The van der Waals surface area contributed by atoms with Crippen LogP contribution in [0.4, 0.5) is 5.69 Å². The van der Waals surface area contributed by atoms with Gasteiger partial charge in [-0.25, -0.2) is 4.79 Å². The second-order valence-electron chi connectivity index (χ2n) is 8.90. The third-order valence-corrected chi connectivity index (χ3v) is 6.98. The Morgan fingerprint density at radius 2 is 1.58 bits per heavy atom. The third-order valence-electron chi connectivity index (χ3n) is 6.98. The van der Waals surface area contributed by atoms with Gasteiger partial charge < -0.3 is 14.8 Å². The second kappa shape index (κ2) is 9.07. The van der Waals surface area contributed by atoms with Crippen molar-refractivity contribution in [2.24, 2.45) is 10.9 Å². The topological polar surface area (TPSA) is 94.1 Å². The molecule has 1 N–H and O–H groups in total. The number of amides is 1. The molecule has 0 saturated heterocycles. The van der Waals surface area contributed by atoms with Gasteiger partial charge in [-0.1, -0.05) is 78.9 Å². The van der Waals surface area contributed by atoms with Gasteiger partial charge in [-0.3, -0.25) is 14.6 Å². The van der Waals surface area contributed by atoms with E-state index in [4.69, 9.17) is 14.5 Å². The lowest BCUT2D eigenvalue weighted by atomic mass is 9.61. The van der Waals surface area contributed by atoms with Crippen LogP contribution in [0.25, 0.3) is 0 Å². The van der Waals surface area contributed by atoms with Crippen molar-refractivity contribution in [1.29, 1.82) is 0 Å². The Bertz CT molecular complexity index is 1350. The number of anilines is 1. The summed E-state index contributed by atoms with van der Waals surface area (Å²) >= 11 is 0. The van der Waals surface area contributed by atoms with Gasteiger partial charge >= 0.3 is 11.9 Å². The number of benzene rings is 3. The largest absolute Gasteiger partial charge is 0.467 e. The van der Waals surface area contributed by atoms with Crippen molar-refractivity contribution in [3.05, 3.63) is 102 Å². The first kappa shape index (κ1) is 23.5. The van der Waals surface area contributed by atoms with E-state index in [1.54, 1.807) is 25.1 Å². The van der Waals surface area contributed by atoms with Crippen LogP contribution in [-0.4, -0.2) is 42.8 Å². The van der Waals surface area contributed by atoms with Crippen molar-refractivity contribution in [3.63, 3.8) is 0 Å². The average Bonchev–Trinajstić information content (AvgIpc) is 3.38. The van der Waals surface area contributed by atoms with E-state index in [2.05, 4.69) is 5.32 Å². The number of para-hydroxylation sites is 1. The van der Waals surface area contributed by atoms with Crippen molar-refractivity contribution in [2.75, 3.05) is 19.0 Å². The Morgan fingerprint density at radius 1 is 0.944 bits per heavy atom. The van der Waals surface area contributed by atoms with Crippen LogP contribution in [0.15, 0.2) is 89.9 Å². The number of carbonyl (C=O) groups excluding carboxylic acids is 3. The smallest absolute Gasteiger partial charge is 0.335 e. The van der Waals surface area contributed by atoms with Crippen LogP contribution in [0, 0.1) is 5.92 Å². The molecule has 0 aliphatic carbocycles. The molecule has 182 valence electrons. The van der Waals surface area contributed by atoms with Crippen LogP contribution in [0.5, 0.6) is 0 Å². The van der Waals surface area contributed by atoms with Crippen molar-refractivity contribution < 1.29 is 23.9 Å². The normalized spacial score (nSPS) is 24.1. The van der Waals surface area contributed by atoms with Gasteiger partial charge in [-0.2, -0.15) is 0 Å². The van der Waals surface area contributed by atoms with E-state index in [-0.39, 0.29) is 13.0 Å². The fourth-order valence-electron chi connectivity index (χ4n) is 5.59. The van der Waals surface area contributed by atoms with Crippen LogP contribution in [0.1, 0.15) is 23.6 Å². The highest BCUT2D eigenvalue weighted by molar-refractivity contribution is 6.32. The molecule has 3 atom stereocenters. The molecular weight excluding hydrogens is 456 g/mol. The molecule has 1 spiro atoms. The molecule has 2 aliphatic heterocycles. The Balaban J connectivity index is 1.87. The zero-order valence-corrected chi connectivity index (χ0v) is 20.1. The molecule has 0 fully saturated rings. The van der Waals surface area contributed by atoms with E-state index in [0.29, 0.717) is 22.5 Å². The fourth-order valence-corrected chi connectivity index (χ4v) is 5.59. The summed E-state index contributed by atoms with van der Waals surface area (Å²) in [5.74, 6) is -3.10.